The molecule has 158 valence electrons. The highest BCUT2D eigenvalue weighted by Gasteiger charge is 2.19. The van der Waals surface area contributed by atoms with E-state index in [1.807, 2.05) is 38.1 Å². The Labute approximate surface area is 180 Å². The molecule has 0 bridgehead atoms. The number of aryl methyl sites for hydroxylation is 2. The van der Waals surface area contributed by atoms with Crippen LogP contribution in [0.1, 0.15) is 22.6 Å². The summed E-state index contributed by atoms with van der Waals surface area (Å²) in [5, 5.41) is 4.08. The Morgan fingerprint density at radius 3 is 2.55 bits per heavy atom. The Kier molecular flexibility index (Phi) is 5.26. The van der Waals surface area contributed by atoms with E-state index in [-0.39, 0.29) is 5.89 Å². The van der Waals surface area contributed by atoms with E-state index < -0.39 is 0 Å². The van der Waals surface area contributed by atoms with Crippen molar-refractivity contribution >= 4 is 5.69 Å². The lowest BCUT2D eigenvalue weighted by Gasteiger charge is -2.29. The third-order valence-electron chi connectivity index (χ3n) is 5.47. The number of benzene rings is 2. The summed E-state index contributed by atoms with van der Waals surface area (Å²) >= 11 is 0. The van der Waals surface area contributed by atoms with Gasteiger partial charge in [-0.25, -0.2) is 4.98 Å². The van der Waals surface area contributed by atoms with Crippen molar-refractivity contribution in [3.8, 4) is 23.2 Å². The van der Waals surface area contributed by atoms with Crippen molar-refractivity contribution < 1.29 is 13.7 Å². The lowest BCUT2D eigenvalue weighted by atomic mass is 10.1. The predicted molar refractivity (Wildman–Crippen MR) is 117 cm³/mol. The van der Waals surface area contributed by atoms with E-state index in [1.165, 1.54) is 16.8 Å². The molecule has 0 aliphatic carbocycles. The van der Waals surface area contributed by atoms with Crippen LogP contribution in [-0.2, 0) is 11.2 Å². The Balaban J connectivity index is 1.35. The Hall–Kier alpha value is -3.45. The molecule has 31 heavy (non-hydrogen) atoms. The molecule has 1 aliphatic heterocycles. The number of hydrogen-bond acceptors (Lipinski definition) is 7. The van der Waals surface area contributed by atoms with Crippen LogP contribution in [0.25, 0.3) is 23.2 Å². The zero-order valence-electron chi connectivity index (χ0n) is 17.7. The second-order valence-corrected chi connectivity index (χ2v) is 7.76. The molecule has 4 aromatic rings. The molecular weight excluding hydrogens is 392 g/mol. The number of oxazole rings is 1. The third kappa shape index (κ3) is 4.22. The van der Waals surface area contributed by atoms with Gasteiger partial charge in [-0.3, -0.25) is 0 Å². The van der Waals surface area contributed by atoms with Crippen molar-refractivity contribution in [3.63, 3.8) is 0 Å². The molecule has 2 aromatic carbocycles. The van der Waals surface area contributed by atoms with E-state index in [0.717, 1.165) is 43.3 Å². The Morgan fingerprint density at radius 2 is 1.74 bits per heavy atom. The van der Waals surface area contributed by atoms with Gasteiger partial charge in [-0.15, -0.1) is 0 Å². The van der Waals surface area contributed by atoms with Crippen molar-refractivity contribution in [2.75, 3.05) is 31.2 Å². The van der Waals surface area contributed by atoms with E-state index in [1.54, 1.807) is 0 Å². The van der Waals surface area contributed by atoms with Crippen molar-refractivity contribution in [1.29, 1.82) is 0 Å². The van der Waals surface area contributed by atoms with E-state index in [2.05, 4.69) is 44.3 Å². The van der Waals surface area contributed by atoms with Crippen molar-refractivity contribution in [2.45, 2.75) is 20.3 Å². The van der Waals surface area contributed by atoms with Crippen molar-refractivity contribution in [1.82, 2.24) is 15.1 Å². The number of ether oxygens (including phenoxy) is 1. The smallest absolute Gasteiger partial charge is 0.314 e. The number of morpholine rings is 1. The largest absolute Gasteiger partial charge is 0.438 e. The van der Waals surface area contributed by atoms with Gasteiger partial charge in [-0.2, -0.15) is 4.98 Å². The predicted octanol–water partition coefficient (Wildman–Crippen LogP) is 4.44. The minimum atomic E-state index is 0.284. The highest BCUT2D eigenvalue weighted by molar-refractivity contribution is 5.57. The van der Waals surface area contributed by atoms with Crippen LogP contribution in [0.15, 0.2) is 57.5 Å². The molecule has 7 nitrogen and oxygen atoms in total. The normalized spacial score (nSPS) is 14.2. The third-order valence-corrected chi connectivity index (χ3v) is 5.47. The molecular formula is C24H24N4O3. The van der Waals surface area contributed by atoms with E-state index in [9.17, 15) is 0 Å². The maximum absolute atomic E-state index is 5.85. The number of hydrogen-bond donors (Lipinski definition) is 0. The van der Waals surface area contributed by atoms with Gasteiger partial charge in [0.05, 0.1) is 18.9 Å². The lowest BCUT2D eigenvalue weighted by molar-refractivity contribution is 0.122. The SMILES string of the molecule is Cc1ccc(-c2noc(-c3nc(Cc4cccc(N5CCOCC5)c4)c(C)o3)n2)cc1. The molecule has 0 amide bonds. The maximum atomic E-state index is 5.85. The van der Waals surface area contributed by atoms with E-state index >= 15 is 0 Å². The van der Waals surface area contributed by atoms with Crippen molar-refractivity contribution in [2.24, 2.45) is 0 Å². The first-order chi connectivity index (χ1) is 15.2. The first-order valence-corrected chi connectivity index (χ1v) is 10.4. The van der Waals surface area contributed by atoms with Gasteiger partial charge >= 0.3 is 5.89 Å². The zero-order chi connectivity index (χ0) is 21.2. The average Bonchev–Trinajstić information content (AvgIpc) is 3.43. The summed E-state index contributed by atoms with van der Waals surface area (Å²) in [5.74, 6) is 1.90. The number of nitrogens with zero attached hydrogens (tertiary/aromatic N) is 4. The highest BCUT2D eigenvalue weighted by atomic mass is 16.5. The Bertz CT molecular complexity index is 1170. The van der Waals surface area contributed by atoms with Crippen LogP contribution in [0.5, 0.6) is 0 Å². The highest BCUT2D eigenvalue weighted by Crippen LogP contribution is 2.26. The van der Waals surface area contributed by atoms with Gasteiger partial charge in [0.1, 0.15) is 5.76 Å². The number of anilines is 1. The molecule has 0 atom stereocenters. The molecule has 1 fully saturated rings. The molecule has 3 heterocycles. The van der Waals surface area contributed by atoms with Gasteiger partial charge in [0.15, 0.2) is 0 Å². The van der Waals surface area contributed by atoms with Crippen LogP contribution >= 0.6 is 0 Å². The maximum Gasteiger partial charge on any atom is 0.314 e. The second kappa shape index (κ2) is 8.35. The molecule has 2 aromatic heterocycles. The molecule has 1 saturated heterocycles. The number of aromatic nitrogens is 3. The molecule has 0 spiro atoms. The minimum absolute atomic E-state index is 0.284. The van der Waals surface area contributed by atoms with Gasteiger partial charge in [0, 0.05) is 30.8 Å². The molecule has 0 N–H and O–H groups in total. The average molecular weight is 416 g/mol. The molecule has 1 aliphatic rings. The molecule has 0 saturated carbocycles. The zero-order valence-corrected chi connectivity index (χ0v) is 17.7. The fourth-order valence-electron chi connectivity index (χ4n) is 3.69. The van der Waals surface area contributed by atoms with E-state index in [0.29, 0.717) is 18.1 Å². The first kappa shape index (κ1) is 19.5. The molecule has 7 heteroatoms. The van der Waals surface area contributed by atoms with Crippen LogP contribution in [0.2, 0.25) is 0 Å². The van der Waals surface area contributed by atoms with Crippen LogP contribution in [-0.4, -0.2) is 41.4 Å². The first-order valence-electron chi connectivity index (χ1n) is 10.4. The van der Waals surface area contributed by atoms with Gasteiger partial charge in [-0.05, 0) is 31.5 Å². The summed E-state index contributed by atoms with van der Waals surface area (Å²) in [6, 6.07) is 16.5. The second-order valence-electron chi connectivity index (χ2n) is 7.76. The molecule has 0 unspecified atom stereocenters. The summed E-state index contributed by atoms with van der Waals surface area (Å²) in [6.07, 6.45) is 0.673. The van der Waals surface area contributed by atoms with E-state index in [4.69, 9.17) is 13.7 Å². The summed E-state index contributed by atoms with van der Waals surface area (Å²) in [7, 11) is 0. The van der Waals surface area contributed by atoms with Crippen LogP contribution in [0.3, 0.4) is 0 Å². The fourth-order valence-corrected chi connectivity index (χ4v) is 3.69. The summed E-state index contributed by atoms with van der Waals surface area (Å²) in [4.78, 5) is 11.5. The van der Waals surface area contributed by atoms with Crippen LogP contribution < -0.4 is 4.90 Å². The lowest BCUT2D eigenvalue weighted by Crippen LogP contribution is -2.36. The minimum Gasteiger partial charge on any atom is -0.438 e. The van der Waals surface area contributed by atoms with Gasteiger partial charge < -0.3 is 18.6 Å². The summed E-state index contributed by atoms with van der Waals surface area (Å²) in [6.45, 7) is 7.32. The van der Waals surface area contributed by atoms with Gasteiger partial charge in [0.25, 0.3) is 5.89 Å². The fraction of sp³-hybridized carbons (Fsp3) is 0.292. The van der Waals surface area contributed by atoms with Crippen LogP contribution in [0, 0.1) is 13.8 Å². The summed E-state index contributed by atoms with van der Waals surface area (Å²) < 4.78 is 16.7. The van der Waals surface area contributed by atoms with Gasteiger partial charge in [-0.1, -0.05) is 47.1 Å². The standard InChI is InChI=1S/C24H24N4O3/c1-16-6-8-19(9-7-16)22-26-24(31-27-22)23-25-21(17(2)30-23)15-18-4-3-5-20(14-18)28-10-12-29-13-11-28/h3-9,14H,10-13,15H2,1-2H3. The Morgan fingerprint density at radius 1 is 0.935 bits per heavy atom. The monoisotopic (exact) mass is 416 g/mol. The van der Waals surface area contributed by atoms with Gasteiger partial charge in [0.2, 0.25) is 5.82 Å². The van der Waals surface area contributed by atoms with Crippen molar-refractivity contribution in [3.05, 3.63) is 71.1 Å². The summed E-state index contributed by atoms with van der Waals surface area (Å²) in [5.41, 5.74) is 5.32. The quantitative estimate of drug-likeness (QED) is 0.476. The molecule has 5 rings (SSSR count). The topological polar surface area (TPSA) is 77.4 Å². The molecule has 0 radical (unpaired) electrons. The number of rotatable bonds is 5. The van der Waals surface area contributed by atoms with Crippen LogP contribution in [0.4, 0.5) is 5.69 Å².